The molecule has 1 aromatic carbocycles. The van der Waals surface area contributed by atoms with Crippen LogP contribution >= 0.6 is 0 Å². The quantitative estimate of drug-likeness (QED) is 0.867. The van der Waals surface area contributed by atoms with Gasteiger partial charge >= 0.3 is 12.4 Å². The summed E-state index contributed by atoms with van der Waals surface area (Å²) in [4.78, 5) is 0. The van der Waals surface area contributed by atoms with Crippen LogP contribution in [0.2, 0.25) is 0 Å². The van der Waals surface area contributed by atoms with E-state index in [0.717, 1.165) is 16.9 Å². The van der Waals surface area contributed by atoms with Crippen molar-refractivity contribution in [1.29, 1.82) is 0 Å². The van der Waals surface area contributed by atoms with Crippen LogP contribution in [0.3, 0.4) is 0 Å². The fraction of sp³-hybridized carbons (Fsp3) is 0.357. The molecule has 0 radical (unpaired) electrons. The Morgan fingerprint density at radius 2 is 1.61 bits per heavy atom. The predicted molar refractivity (Wildman–Crippen MR) is 68.6 cm³/mol. The van der Waals surface area contributed by atoms with E-state index in [9.17, 15) is 26.3 Å². The van der Waals surface area contributed by atoms with Crippen molar-refractivity contribution in [3.05, 3.63) is 52.8 Å². The Hall–Kier alpha value is -2.03. The van der Waals surface area contributed by atoms with Crippen LogP contribution in [0.5, 0.6) is 0 Å². The zero-order chi connectivity index (χ0) is 17.3. The van der Waals surface area contributed by atoms with E-state index in [4.69, 9.17) is 5.11 Å². The SMILES string of the molecule is OCCc1cn(Cc2ccccc2C(F)(F)F)nc1C(F)(F)F. The minimum Gasteiger partial charge on any atom is -0.396 e. The van der Waals surface area contributed by atoms with Crippen molar-refractivity contribution in [2.75, 3.05) is 6.61 Å². The van der Waals surface area contributed by atoms with Crippen molar-refractivity contribution in [2.24, 2.45) is 0 Å². The fourth-order valence-corrected chi connectivity index (χ4v) is 2.19. The first-order chi connectivity index (χ1) is 10.6. The summed E-state index contributed by atoms with van der Waals surface area (Å²) in [5, 5.41) is 12.1. The molecule has 2 aromatic rings. The van der Waals surface area contributed by atoms with E-state index in [0.29, 0.717) is 0 Å². The second kappa shape index (κ2) is 6.23. The van der Waals surface area contributed by atoms with Gasteiger partial charge in [-0.1, -0.05) is 18.2 Å². The van der Waals surface area contributed by atoms with Gasteiger partial charge in [-0.3, -0.25) is 4.68 Å². The lowest BCUT2D eigenvalue weighted by molar-refractivity contribution is -0.142. The first-order valence-electron chi connectivity index (χ1n) is 6.52. The van der Waals surface area contributed by atoms with Gasteiger partial charge in [0.05, 0.1) is 12.1 Å². The smallest absolute Gasteiger partial charge is 0.396 e. The number of halogens is 6. The Morgan fingerprint density at radius 3 is 2.17 bits per heavy atom. The second-order valence-electron chi connectivity index (χ2n) is 4.83. The summed E-state index contributed by atoms with van der Waals surface area (Å²) in [5.74, 6) is 0. The summed E-state index contributed by atoms with van der Waals surface area (Å²) in [6.07, 6.45) is -8.62. The number of aliphatic hydroxyl groups excluding tert-OH is 1. The maximum Gasteiger partial charge on any atom is 0.435 e. The lowest BCUT2D eigenvalue weighted by atomic mass is 10.1. The van der Waals surface area contributed by atoms with Gasteiger partial charge in [-0.2, -0.15) is 31.4 Å². The van der Waals surface area contributed by atoms with Gasteiger partial charge in [0.15, 0.2) is 5.69 Å². The average Bonchev–Trinajstić information content (AvgIpc) is 2.81. The number of aromatic nitrogens is 2. The number of hydrogen-bond donors (Lipinski definition) is 1. The van der Waals surface area contributed by atoms with Crippen LogP contribution in [0.15, 0.2) is 30.5 Å². The lowest BCUT2D eigenvalue weighted by Gasteiger charge is -2.12. The average molecular weight is 338 g/mol. The normalized spacial score (nSPS) is 12.7. The topological polar surface area (TPSA) is 38.0 Å². The Labute approximate surface area is 127 Å². The summed E-state index contributed by atoms with van der Waals surface area (Å²) in [5.41, 5.74) is -2.57. The molecule has 0 atom stereocenters. The molecule has 1 heterocycles. The molecule has 0 saturated heterocycles. The van der Waals surface area contributed by atoms with Crippen LogP contribution in [-0.2, 0) is 25.3 Å². The maximum atomic E-state index is 12.9. The molecule has 1 N–H and O–H groups in total. The molecule has 0 bridgehead atoms. The predicted octanol–water partition coefficient (Wildman–Crippen LogP) is 3.50. The number of aliphatic hydroxyl groups is 1. The van der Waals surface area contributed by atoms with Gasteiger partial charge in [-0.15, -0.1) is 0 Å². The molecule has 0 amide bonds. The molecular weight excluding hydrogens is 326 g/mol. The summed E-state index contributed by atoms with van der Waals surface area (Å²) >= 11 is 0. The van der Waals surface area contributed by atoms with Crippen molar-refractivity contribution in [2.45, 2.75) is 25.3 Å². The van der Waals surface area contributed by atoms with Crippen LogP contribution in [-0.4, -0.2) is 21.5 Å². The van der Waals surface area contributed by atoms with Crippen LogP contribution < -0.4 is 0 Å². The van der Waals surface area contributed by atoms with Gasteiger partial charge in [0.2, 0.25) is 0 Å². The van der Waals surface area contributed by atoms with Crippen molar-refractivity contribution in [1.82, 2.24) is 9.78 Å². The van der Waals surface area contributed by atoms with Crippen LogP contribution in [0.1, 0.15) is 22.4 Å². The minimum absolute atomic E-state index is 0.188. The third-order valence-electron chi connectivity index (χ3n) is 3.14. The van der Waals surface area contributed by atoms with E-state index in [-0.39, 0.29) is 17.5 Å². The highest BCUT2D eigenvalue weighted by atomic mass is 19.4. The van der Waals surface area contributed by atoms with Crippen molar-refractivity contribution >= 4 is 0 Å². The molecule has 0 unspecified atom stereocenters. The zero-order valence-corrected chi connectivity index (χ0v) is 11.6. The molecular formula is C14H12F6N2O. The number of alkyl halides is 6. The van der Waals surface area contributed by atoms with E-state index in [1.807, 2.05) is 0 Å². The van der Waals surface area contributed by atoms with Gasteiger partial charge < -0.3 is 5.11 Å². The highest BCUT2D eigenvalue weighted by molar-refractivity contribution is 5.30. The van der Waals surface area contributed by atoms with Crippen molar-refractivity contribution in [3.8, 4) is 0 Å². The van der Waals surface area contributed by atoms with Crippen LogP contribution in [0.4, 0.5) is 26.3 Å². The number of nitrogens with zero attached hydrogens (tertiary/aromatic N) is 2. The molecule has 126 valence electrons. The Bertz CT molecular complexity index is 675. The molecule has 0 saturated carbocycles. The molecule has 0 aliphatic heterocycles. The number of hydrogen-bond acceptors (Lipinski definition) is 2. The Balaban J connectivity index is 2.39. The van der Waals surface area contributed by atoms with Gasteiger partial charge in [-0.25, -0.2) is 0 Å². The first-order valence-corrected chi connectivity index (χ1v) is 6.52. The number of benzene rings is 1. The summed E-state index contributed by atoms with van der Waals surface area (Å²) in [7, 11) is 0. The van der Waals surface area contributed by atoms with Gasteiger partial charge in [0, 0.05) is 18.4 Å². The summed E-state index contributed by atoms with van der Waals surface area (Å²) in [6, 6.07) is 4.61. The molecule has 2 rings (SSSR count). The molecule has 0 aliphatic carbocycles. The van der Waals surface area contributed by atoms with Gasteiger partial charge in [0.25, 0.3) is 0 Å². The molecule has 23 heavy (non-hydrogen) atoms. The minimum atomic E-state index is -4.74. The largest absolute Gasteiger partial charge is 0.435 e. The molecule has 3 nitrogen and oxygen atoms in total. The third kappa shape index (κ3) is 4.04. The van der Waals surface area contributed by atoms with Crippen LogP contribution in [0, 0.1) is 0 Å². The van der Waals surface area contributed by atoms with E-state index in [2.05, 4.69) is 5.10 Å². The van der Waals surface area contributed by atoms with E-state index in [1.54, 1.807) is 0 Å². The highest BCUT2D eigenvalue weighted by Gasteiger charge is 2.37. The van der Waals surface area contributed by atoms with Gasteiger partial charge in [0.1, 0.15) is 0 Å². The van der Waals surface area contributed by atoms with E-state index < -0.39 is 36.8 Å². The lowest BCUT2D eigenvalue weighted by Crippen LogP contribution is -2.13. The first kappa shape index (κ1) is 17.3. The van der Waals surface area contributed by atoms with Gasteiger partial charge in [-0.05, 0) is 18.1 Å². The molecule has 0 aliphatic rings. The van der Waals surface area contributed by atoms with Crippen molar-refractivity contribution in [3.63, 3.8) is 0 Å². The molecule has 0 fully saturated rings. The maximum absolute atomic E-state index is 12.9. The highest BCUT2D eigenvalue weighted by Crippen LogP contribution is 2.33. The van der Waals surface area contributed by atoms with E-state index in [1.165, 1.54) is 18.2 Å². The Morgan fingerprint density at radius 1 is 0.957 bits per heavy atom. The fourth-order valence-electron chi connectivity index (χ4n) is 2.19. The standard InChI is InChI=1S/C14H12F6N2O/c15-13(16,17)11-4-2-1-3-9(11)7-22-8-10(5-6-23)12(21-22)14(18,19)20/h1-4,8,23H,5-7H2. The Kier molecular flexibility index (Phi) is 4.69. The van der Waals surface area contributed by atoms with Crippen molar-refractivity contribution < 1.29 is 31.4 Å². The zero-order valence-electron chi connectivity index (χ0n) is 11.6. The molecule has 9 heteroatoms. The monoisotopic (exact) mass is 338 g/mol. The second-order valence-corrected chi connectivity index (χ2v) is 4.83. The summed E-state index contributed by atoms with van der Waals surface area (Å²) < 4.78 is 78.1. The number of rotatable bonds is 4. The molecule has 1 aromatic heterocycles. The molecule has 0 spiro atoms. The van der Waals surface area contributed by atoms with E-state index >= 15 is 0 Å². The third-order valence-corrected chi connectivity index (χ3v) is 3.14. The van der Waals surface area contributed by atoms with Crippen LogP contribution in [0.25, 0.3) is 0 Å². The summed E-state index contributed by atoms with van der Waals surface area (Å²) in [6.45, 7) is -0.974.